The molecule has 1 saturated heterocycles. The van der Waals surface area contributed by atoms with Crippen molar-refractivity contribution >= 4 is 11.9 Å². The van der Waals surface area contributed by atoms with Crippen molar-refractivity contribution < 1.29 is 14.5 Å². The first kappa shape index (κ1) is 17.0. The van der Waals surface area contributed by atoms with Crippen LogP contribution in [-0.2, 0) is 4.79 Å². The van der Waals surface area contributed by atoms with E-state index in [9.17, 15) is 19.7 Å². The van der Waals surface area contributed by atoms with Crippen LogP contribution in [-0.4, -0.2) is 53.0 Å². The van der Waals surface area contributed by atoms with Gasteiger partial charge in [0.2, 0.25) is 11.9 Å². The molecule has 0 aromatic rings. The van der Waals surface area contributed by atoms with Crippen LogP contribution in [0.4, 0.5) is 4.79 Å². The van der Waals surface area contributed by atoms with Gasteiger partial charge >= 0.3 is 6.03 Å². The van der Waals surface area contributed by atoms with E-state index in [1.807, 2.05) is 4.90 Å². The van der Waals surface area contributed by atoms with Gasteiger partial charge in [0.05, 0.1) is 0 Å². The van der Waals surface area contributed by atoms with Gasteiger partial charge in [0.1, 0.15) is 5.92 Å². The summed E-state index contributed by atoms with van der Waals surface area (Å²) in [4.78, 5) is 36.3. The molecule has 3 amide bonds. The lowest BCUT2D eigenvalue weighted by Crippen LogP contribution is -2.51. The summed E-state index contributed by atoms with van der Waals surface area (Å²) in [6.07, 6.45) is 7.53. The van der Waals surface area contributed by atoms with Crippen LogP contribution in [0.3, 0.4) is 0 Å². The Morgan fingerprint density at radius 3 is 2.17 bits per heavy atom. The van der Waals surface area contributed by atoms with E-state index in [0.717, 1.165) is 12.8 Å². The third-order valence-electron chi connectivity index (χ3n) is 5.43. The number of carbonyl (C=O) groups excluding carboxylic acids is 2. The van der Waals surface area contributed by atoms with Crippen molar-refractivity contribution in [2.75, 3.05) is 13.1 Å². The van der Waals surface area contributed by atoms with Crippen molar-refractivity contribution in [3.05, 3.63) is 10.1 Å². The first-order valence-electron chi connectivity index (χ1n) is 9.04. The second-order valence-corrected chi connectivity index (χ2v) is 7.25. The van der Waals surface area contributed by atoms with Crippen molar-refractivity contribution in [2.45, 2.75) is 69.5 Å². The molecule has 2 N–H and O–H groups in total. The van der Waals surface area contributed by atoms with Crippen LogP contribution in [0.1, 0.15) is 51.4 Å². The second kappa shape index (κ2) is 7.36. The number of hydrogen-bond acceptors (Lipinski definition) is 4. The molecule has 24 heavy (non-hydrogen) atoms. The van der Waals surface area contributed by atoms with E-state index < -0.39 is 12.0 Å². The zero-order chi connectivity index (χ0) is 17.1. The molecule has 0 aromatic carbocycles. The van der Waals surface area contributed by atoms with Crippen molar-refractivity contribution in [3.63, 3.8) is 0 Å². The zero-order valence-corrected chi connectivity index (χ0v) is 13.9. The third-order valence-corrected chi connectivity index (χ3v) is 5.43. The van der Waals surface area contributed by atoms with Crippen LogP contribution in [0, 0.1) is 16.0 Å². The van der Waals surface area contributed by atoms with Crippen LogP contribution in [0.25, 0.3) is 0 Å². The summed E-state index contributed by atoms with van der Waals surface area (Å²) in [6, 6.07) is -0.379. The van der Waals surface area contributed by atoms with E-state index >= 15 is 0 Å². The van der Waals surface area contributed by atoms with Crippen LogP contribution >= 0.6 is 0 Å². The normalized spacial score (nSPS) is 28.2. The maximum atomic E-state index is 12.3. The molecule has 0 aromatic heterocycles. The Morgan fingerprint density at radius 1 is 0.958 bits per heavy atom. The van der Waals surface area contributed by atoms with Gasteiger partial charge in [-0.3, -0.25) is 14.9 Å². The average molecular weight is 338 g/mol. The predicted molar refractivity (Wildman–Crippen MR) is 87.0 cm³/mol. The van der Waals surface area contributed by atoms with E-state index in [1.165, 1.54) is 19.3 Å². The summed E-state index contributed by atoms with van der Waals surface area (Å²) in [7, 11) is 0. The number of rotatable bonds is 4. The molecule has 1 aliphatic heterocycles. The zero-order valence-electron chi connectivity index (χ0n) is 13.9. The maximum absolute atomic E-state index is 12.3. The van der Waals surface area contributed by atoms with Crippen molar-refractivity contribution in [3.8, 4) is 0 Å². The third kappa shape index (κ3) is 4.15. The topological polar surface area (TPSA) is 105 Å². The molecule has 0 unspecified atom stereocenters. The largest absolute Gasteiger partial charge is 0.353 e. The summed E-state index contributed by atoms with van der Waals surface area (Å²) >= 11 is 0. The number of likely N-dealkylation sites (tertiary alicyclic amines) is 1. The van der Waals surface area contributed by atoms with Gasteiger partial charge in [-0.25, -0.2) is 4.79 Å². The molecule has 2 atom stereocenters. The van der Waals surface area contributed by atoms with Gasteiger partial charge in [-0.1, -0.05) is 19.3 Å². The molecule has 1 heterocycles. The number of urea groups is 1. The minimum absolute atomic E-state index is 0.00212. The van der Waals surface area contributed by atoms with Gasteiger partial charge < -0.3 is 15.5 Å². The van der Waals surface area contributed by atoms with Gasteiger partial charge in [0, 0.05) is 36.5 Å². The maximum Gasteiger partial charge on any atom is 0.317 e. The van der Waals surface area contributed by atoms with Crippen molar-refractivity contribution in [1.82, 2.24) is 15.5 Å². The second-order valence-electron chi connectivity index (χ2n) is 7.25. The lowest BCUT2D eigenvalue weighted by Gasteiger charge is -2.34. The molecule has 3 rings (SSSR count). The number of nitrogens with one attached hydrogen (secondary N) is 2. The van der Waals surface area contributed by atoms with E-state index in [-0.39, 0.29) is 22.9 Å². The van der Waals surface area contributed by atoms with Gasteiger partial charge in [0.25, 0.3) is 0 Å². The highest BCUT2D eigenvalue weighted by atomic mass is 16.6. The fraction of sp³-hybridized carbons (Fsp3) is 0.875. The standard InChI is InChI=1S/C16H26N4O4/c21-15(13-10-14(13)20(23)24)17-12-6-8-19(9-7-12)16(22)18-11-4-2-1-3-5-11/h11-14H,1-10H2,(H,17,21)(H,18,22)/t13-,14-/m1/s1. The molecule has 0 spiro atoms. The Morgan fingerprint density at radius 2 is 1.58 bits per heavy atom. The predicted octanol–water partition coefficient (Wildman–Crippen LogP) is 1.27. The van der Waals surface area contributed by atoms with Crippen molar-refractivity contribution in [2.24, 2.45) is 5.92 Å². The van der Waals surface area contributed by atoms with Crippen LogP contribution in [0.15, 0.2) is 0 Å². The Labute approximate surface area is 141 Å². The number of nitrogens with zero attached hydrogens (tertiary/aromatic N) is 2. The summed E-state index contributed by atoms with van der Waals surface area (Å²) in [5, 5.41) is 16.6. The van der Waals surface area contributed by atoms with E-state index in [4.69, 9.17) is 0 Å². The van der Waals surface area contributed by atoms with Gasteiger partial charge in [-0.2, -0.15) is 0 Å². The van der Waals surface area contributed by atoms with Crippen molar-refractivity contribution in [1.29, 1.82) is 0 Å². The Balaban J connectivity index is 1.37. The summed E-state index contributed by atoms with van der Waals surface area (Å²) in [5.74, 6) is -0.672. The number of amides is 3. The number of carbonyl (C=O) groups is 2. The minimum atomic E-state index is -0.702. The van der Waals surface area contributed by atoms with Gasteiger partial charge in [-0.15, -0.1) is 0 Å². The van der Waals surface area contributed by atoms with Crippen LogP contribution in [0.5, 0.6) is 0 Å². The van der Waals surface area contributed by atoms with E-state index in [0.29, 0.717) is 38.4 Å². The number of piperidine rings is 1. The highest BCUT2D eigenvalue weighted by Crippen LogP contribution is 2.33. The molecule has 2 aliphatic carbocycles. The fourth-order valence-corrected chi connectivity index (χ4v) is 3.74. The van der Waals surface area contributed by atoms with Crippen LogP contribution in [0.2, 0.25) is 0 Å². The van der Waals surface area contributed by atoms with Gasteiger partial charge in [0.15, 0.2) is 0 Å². The lowest BCUT2D eigenvalue weighted by atomic mass is 9.95. The Bertz CT molecular complexity index is 498. The number of nitro groups is 1. The molecule has 0 radical (unpaired) electrons. The molecule has 134 valence electrons. The van der Waals surface area contributed by atoms with Gasteiger partial charge in [-0.05, 0) is 25.7 Å². The molecule has 8 nitrogen and oxygen atoms in total. The quantitative estimate of drug-likeness (QED) is 0.595. The molecule has 3 aliphatic rings. The monoisotopic (exact) mass is 338 g/mol. The number of hydrogen-bond donors (Lipinski definition) is 2. The first-order chi connectivity index (χ1) is 11.5. The SMILES string of the molecule is O=C(NC1CCN(C(=O)NC2CCCCC2)CC1)[C@@H]1C[C@H]1[N+](=O)[O-]. The molecular weight excluding hydrogens is 312 g/mol. The molecule has 8 heteroatoms. The summed E-state index contributed by atoms with van der Waals surface area (Å²) < 4.78 is 0. The highest BCUT2D eigenvalue weighted by Gasteiger charge is 2.53. The Hall–Kier alpha value is -1.86. The minimum Gasteiger partial charge on any atom is -0.353 e. The Kier molecular flexibility index (Phi) is 5.20. The smallest absolute Gasteiger partial charge is 0.317 e. The highest BCUT2D eigenvalue weighted by molar-refractivity contribution is 5.82. The van der Waals surface area contributed by atoms with Crippen LogP contribution < -0.4 is 10.6 Å². The summed E-state index contributed by atoms with van der Waals surface area (Å²) in [6.45, 7) is 1.24. The summed E-state index contributed by atoms with van der Waals surface area (Å²) in [5.41, 5.74) is 0. The van der Waals surface area contributed by atoms with E-state index in [2.05, 4.69) is 10.6 Å². The molecule has 0 bridgehead atoms. The molecule has 3 fully saturated rings. The average Bonchev–Trinajstić information content (AvgIpc) is 3.37. The molecular formula is C16H26N4O4. The molecule has 2 saturated carbocycles. The van der Waals surface area contributed by atoms with E-state index in [1.54, 1.807) is 0 Å². The fourth-order valence-electron chi connectivity index (χ4n) is 3.74. The first-order valence-corrected chi connectivity index (χ1v) is 9.04. The lowest BCUT2D eigenvalue weighted by molar-refractivity contribution is -0.497.